The lowest BCUT2D eigenvalue weighted by Crippen LogP contribution is -2.14. The van der Waals surface area contributed by atoms with E-state index >= 15 is 0 Å². The summed E-state index contributed by atoms with van der Waals surface area (Å²) in [5, 5.41) is 3.16. The maximum Gasteiger partial charge on any atom is 0.274 e. The fraction of sp³-hybridized carbons (Fsp3) is 0.143. The van der Waals surface area contributed by atoms with Crippen LogP contribution in [0.4, 0.5) is 5.69 Å². The third-order valence-corrected chi connectivity index (χ3v) is 2.87. The molecule has 1 aromatic carbocycles. The molecular formula is C14H13ClN2O2. The minimum absolute atomic E-state index is 0.307. The molecule has 0 saturated heterocycles. The standard InChI is InChI=1S/C14H13ClN2O2/c1-9-4-3-5-12(16-9)14(18)17-13-8-10(19-2)6-7-11(13)15/h3-8H,1-2H3,(H,17,18). The molecule has 0 unspecified atom stereocenters. The molecule has 0 fully saturated rings. The second kappa shape index (κ2) is 5.71. The van der Waals surface area contributed by atoms with Crippen molar-refractivity contribution < 1.29 is 9.53 Å². The van der Waals surface area contributed by atoms with Crippen LogP contribution in [0.2, 0.25) is 5.02 Å². The average molecular weight is 277 g/mol. The topological polar surface area (TPSA) is 51.2 Å². The van der Waals surface area contributed by atoms with Gasteiger partial charge in [0.2, 0.25) is 0 Å². The second-order valence-electron chi connectivity index (χ2n) is 3.96. The first-order valence-corrected chi connectivity index (χ1v) is 6.06. The molecule has 2 rings (SSSR count). The van der Waals surface area contributed by atoms with Gasteiger partial charge in [-0.2, -0.15) is 0 Å². The van der Waals surface area contributed by atoms with Crippen molar-refractivity contribution in [3.63, 3.8) is 0 Å². The number of ether oxygens (including phenoxy) is 1. The zero-order valence-electron chi connectivity index (χ0n) is 10.6. The number of amides is 1. The van der Waals surface area contributed by atoms with Gasteiger partial charge in [0.15, 0.2) is 0 Å². The van der Waals surface area contributed by atoms with Crippen molar-refractivity contribution >= 4 is 23.2 Å². The van der Waals surface area contributed by atoms with Gasteiger partial charge in [0.25, 0.3) is 5.91 Å². The third kappa shape index (κ3) is 3.23. The van der Waals surface area contributed by atoms with E-state index in [0.717, 1.165) is 5.69 Å². The minimum Gasteiger partial charge on any atom is -0.497 e. The zero-order valence-corrected chi connectivity index (χ0v) is 11.4. The lowest BCUT2D eigenvalue weighted by molar-refractivity contribution is 0.102. The number of benzene rings is 1. The summed E-state index contributed by atoms with van der Waals surface area (Å²) in [5.74, 6) is 0.316. The number of aryl methyl sites for hydroxylation is 1. The van der Waals surface area contributed by atoms with Crippen molar-refractivity contribution in [3.05, 3.63) is 52.8 Å². The van der Waals surface area contributed by atoms with Crippen molar-refractivity contribution in [1.82, 2.24) is 4.98 Å². The van der Waals surface area contributed by atoms with Crippen LogP contribution in [-0.2, 0) is 0 Å². The van der Waals surface area contributed by atoms with E-state index in [9.17, 15) is 4.79 Å². The van der Waals surface area contributed by atoms with Gasteiger partial charge in [-0.25, -0.2) is 4.98 Å². The Morgan fingerprint density at radius 2 is 2.11 bits per heavy atom. The number of anilines is 1. The predicted molar refractivity (Wildman–Crippen MR) is 74.9 cm³/mol. The molecule has 0 radical (unpaired) electrons. The number of hydrogen-bond donors (Lipinski definition) is 1. The molecule has 0 atom stereocenters. The van der Waals surface area contributed by atoms with E-state index < -0.39 is 0 Å². The minimum atomic E-state index is -0.307. The molecular weight excluding hydrogens is 264 g/mol. The van der Waals surface area contributed by atoms with Gasteiger partial charge in [-0.15, -0.1) is 0 Å². The smallest absolute Gasteiger partial charge is 0.274 e. The number of halogens is 1. The second-order valence-corrected chi connectivity index (χ2v) is 4.37. The van der Waals surface area contributed by atoms with Gasteiger partial charge in [-0.05, 0) is 31.2 Å². The largest absolute Gasteiger partial charge is 0.497 e. The molecule has 98 valence electrons. The van der Waals surface area contributed by atoms with Crippen LogP contribution in [0.1, 0.15) is 16.2 Å². The predicted octanol–water partition coefficient (Wildman–Crippen LogP) is 3.30. The van der Waals surface area contributed by atoms with E-state index in [-0.39, 0.29) is 5.91 Å². The highest BCUT2D eigenvalue weighted by Gasteiger charge is 2.10. The molecule has 1 aromatic heterocycles. The Balaban J connectivity index is 2.23. The van der Waals surface area contributed by atoms with Crippen LogP contribution in [0.25, 0.3) is 0 Å². The zero-order chi connectivity index (χ0) is 13.8. The highest BCUT2D eigenvalue weighted by atomic mass is 35.5. The number of carbonyl (C=O) groups is 1. The molecule has 0 saturated carbocycles. The number of nitrogens with zero attached hydrogens (tertiary/aromatic N) is 1. The van der Waals surface area contributed by atoms with Gasteiger partial charge >= 0.3 is 0 Å². The molecule has 1 heterocycles. The van der Waals surface area contributed by atoms with E-state index in [1.165, 1.54) is 0 Å². The Kier molecular flexibility index (Phi) is 4.02. The molecule has 0 spiro atoms. The van der Waals surface area contributed by atoms with Crippen LogP contribution < -0.4 is 10.1 Å². The van der Waals surface area contributed by atoms with Crippen LogP contribution in [0.3, 0.4) is 0 Å². The van der Waals surface area contributed by atoms with Crippen LogP contribution in [0.5, 0.6) is 5.75 Å². The van der Waals surface area contributed by atoms with Crippen molar-refractivity contribution in [2.75, 3.05) is 12.4 Å². The number of nitrogens with one attached hydrogen (secondary N) is 1. The van der Waals surface area contributed by atoms with Crippen LogP contribution in [0.15, 0.2) is 36.4 Å². The molecule has 1 N–H and O–H groups in total. The summed E-state index contributed by atoms with van der Waals surface area (Å²) >= 11 is 6.03. The number of aromatic nitrogens is 1. The third-order valence-electron chi connectivity index (χ3n) is 2.54. The molecule has 0 bridgehead atoms. The molecule has 0 aliphatic rings. The fourth-order valence-electron chi connectivity index (χ4n) is 1.58. The van der Waals surface area contributed by atoms with Crippen molar-refractivity contribution in [2.45, 2.75) is 6.92 Å². The number of methoxy groups -OCH3 is 1. The van der Waals surface area contributed by atoms with Gasteiger partial charge in [-0.1, -0.05) is 17.7 Å². The highest BCUT2D eigenvalue weighted by Crippen LogP contribution is 2.26. The maximum absolute atomic E-state index is 12.0. The monoisotopic (exact) mass is 276 g/mol. The Bertz CT molecular complexity index is 614. The van der Waals surface area contributed by atoms with Gasteiger partial charge in [-0.3, -0.25) is 4.79 Å². The SMILES string of the molecule is COc1ccc(Cl)c(NC(=O)c2cccc(C)n2)c1. The number of hydrogen-bond acceptors (Lipinski definition) is 3. The van der Waals surface area contributed by atoms with Crippen molar-refractivity contribution in [1.29, 1.82) is 0 Å². The summed E-state index contributed by atoms with van der Waals surface area (Å²) in [4.78, 5) is 16.2. The van der Waals surface area contributed by atoms with Crippen LogP contribution in [-0.4, -0.2) is 18.0 Å². The molecule has 0 aliphatic heterocycles. The lowest BCUT2D eigenvalue weighted by atomic mass is 10.2. The van der Waals surface area contributed by atoms with Crippen LogP contribution in [0, 0.1) is 6.92 Å². The van der Waals surface area contributed by atoms with Gasteiger partial charge in [0, 0.05) is 11.8 Å². The summed E-state index contributed by atoms with van der Waals surface area (Å²) < 4.78 is 5.09. The van der Waals surface area contributed by atoms with Crippen molar-refractivity contribution in [2.24, 2.45) is 0 Å². The summed E-state index contributed by atoms with van der Waals surface area (Å²) in [5.41, 5.74) is 1.62. The van der Waals surface area contributed by atoms with Crippen LogP contribution >= 0.6 is 11.6 Å². The van der Waals surface area contributed by atoms with E-state index in [2.05, 4.69) is 10.3 Å². The average Bonchev–Trinajstić information content (AvgIpc) is 2.41. The first-order valence-electron chi connectivity index (χ1n) is 5.68. The number of rotatable bonds is 3. The summed E-state index contributed by atoms with van der Waals surface area (Å²) in [6.45, 7) is 1.83. The Labute approximate surface area is 116 Å². The Morgan fingerprint density at radius 1 is 1.32 bits per heavy atom. The van der Waals surface area contributed by atoms with Gasteiger partial charge < -0.3 is 10.1 Å². The van der Waals surface area contributed by atoms with E-state index in [4.69, 9.17) is 16.3 Å². The summed E-state index contributed by atoms with van der Waals surface area (Å²) in [6.07, 6.45) is 0. The summed E-state index contributed by atoms with van der Waals surface area (Å²) in [7, 11) is 1.55. The Hall–Kier alpha value is -2.07. The van der Waals surface area contributed by atoms with E-state index in [1.54, 1.807) is 37.4 Å². The van der Waals surface area contributed by atoms with E-state index in [1.807, 2.05) is 13.0 Å². The van der Waals surface area contributed by atoms with E-state index in [0.29, 0.717) is 22.2 Å². The molecule has 1 amide bonds. The number of pyridine rings is 1. The highest BCUT2D eigenvalue weighted by molar-refractivity contribution is 6.34. The molecule has 2 aromatic rings. The van der Waals surface area contributed by atoms with Gasteiger partial charge in [0.05, 0.1) is 17.8 Å². The molecule has 0 aliphatic carbocycles. The number of carbonyl (C=O) groups excluding carboxylic acids is 1. The molecule has 4 nitrogen and oxygen atoms in total. The fourth-order valence-corrected chi connectivity index (χ4v) is 1.75. The normalized spacial score (nSPS) is 10.1. The van der Waals surface area contributed by atoms with Gasteiger partial charge in [0.1, 0.15) is 11.4 Å². The maximum atomic E-state index is 12.0. The first-order chi connectivity index (χ1) is 9.10. The quantitative estimate of drug-likeness (QED) is 0.936. The lowest BCUT2D eigenvalue weighted by Gasteiger charge is -2.09. The summed E-state index contributed by atoms with van der Waals surface area (Å²) in [6, 6.07) is 10.3. The van der Waals surface area contributed by atoms with Crippen molar-refractivity contribution in [3.8, 4) is 5.75 Å². The Morgan fingerprint density at radius 3 is 2.79 bits per heavy atom. The first kappa shape index (κ1) is 13.4. The molecule has 5 heteroatoms. The molecule has 19 heavy (non-hydrogen) atoms.